The van der Waals surface area contributed by atoms with E-state index in [1.165, 1.54) is 24.8 Å². The molecule has 0 saturated heterocycles. The van der Waals surface area contributed by atoms with Crippen LogP contribution in [-0.2, 0) is 9.53 Å². The minimum atomic E-state index is -0.660. The molecule has 2 saturated carbocycles. The molecule has 0 spiro atoms. The largest absolute Gasteiger partial charge is 0.387 e. The van der Waals surface area contributed by atoms with Gasteiger partial charge in [-0.3, -0.25) is 4.79 Å². The SMILES string of the molecule is COC[C@]1(O)CCC[C@H]2[C@@H]3CCC4=C(CCC(=O)C4)C3CC[C@@]21C. The summed E-state index contributed by atoms with van der Waals surface area (Å²) < 4.78 is 5.44. The van der Waals surface area contributed by atoms with Gasteiger partial charge in [0.2, 0.25) is 0 Å². The second-order valence-electron chi connectivity index (χ2n) is 9.07. The Labute approximate surface area is 145 Å². The fourth-order valence-corrected chi connectivity index (χ4v) is 6.86. The summed E-state index contributed by atoms with van der Waals surface area (Å²) in [5.41, 5.74) is 2.46. The van der Waals surface area contributed by atoms with Gasteiger partial charge >= 0.3 is 0 Å². The van der Waals surface area contributed by atoms with Crippen molar-refractivity contribution in [3.8, 4) is 0 Å². The molecule has 4 aliphatic rings. The quantitative estimate of drug-likeness (QED) is 0.776. The van der Waals surface area contributed by atoms with E-state index in [9.17, 15) is 9.90 Å². The summed E-state index contributed by atoms with van der Waals surface area (Å²) >= 11 is 0. The predicted molar refractivity (Wildman–Crippen MR) is 93.6 cm³/mol. The van der Waals surface area contributed by atoms with E-state index >= 15 is 0 Å². The van der Waals surface area contributed by atoms with E-state index in [2.05, 4.69) is 6.92 Å². The molecule has 3 heteroatoms. The van der Waals surface area contributed by atoms with E-state index in [0.717, 1.165) is 44.9 Å². The highest BCUT2D eigenvalue weighted by Crippen LogP contribution is 2.62. The maximum absolute atomic E-state index is 11.8. The standard InChI is InChI=1S/C21H32O3/c1-20-11-9-17-16-8-6-15(22)12-14(16)5-7-18(17)19(20)4-3-10-21(20,23)13-24-2/h17-19,23H,3-13H2,1-2H3/t17?,18-,19+,20+,21-/m1/s1. The Morgan fingerprint density at radius 3 is 2.79 bits per heavy atom. The zero-order valence-corrected chi connectivity index (χ0v) is 15.3. The Balaban J connectivity index is 1.64. The predicted octanol–water partition coefficient (Wildman–Crippen LogP) is 4.04. The lowest BCUT2D eigenvalue weighted by atomic mass is 9.46. The van der Waals surface area contributed by atoms with Crippen molar-refractivity contribution in [2.75, 3.05) is 13.7 Å². The van der Waals surface area contributed by atoms with Gasteiger partial charge in [0.05, 0.1) is 12.2 Å². The van der Waals surface area contributed by atoms with Gasteiger partial charge in [0.1, 0.15) is 5.78 Å². The van der Waals surface area contributed by atoms with Crippen molar-refractivity contribution < 1.29 is 14.6 Å². The third-order valence-electron chi connectivity index (χ3n) is 8.14. The Hall–Kier alpha value is -0.670. The van der Waals surface area contributed by atoms with Crippen LogP contribution in [0.2, 0.25) is 0 Å². The number of carbonyl (C=O) groups is 1. The number of aliphatic hydroxyl groups is 1. The minimum Gasteiger partial charge on any atom is -0.387 e. The van der Waals surface area contributed by atoms with Crippen LogP contribution in [0.25, 0.3) is 0 Å². The first-order chi connectivity index (χ1) is 11.5. The third-order valence-corrected chi connectivity index (χ3v) is 8.14. The highest BCUT2D eigenvalue weighted by Gasteiger charge is 2.59. The maximum atomic E-state index is 11.8. The Morgan fingerprint density at radius 1 is 1.17 bits per heavy atom. The molecular weight excluding hydrogens is 300 g/mol. The number of carbonyl (C=O) groups excluding carboxylic acids is 1. The van der Waals surface area contributed by atoms with Gasteiger partial charge in [0.25, 0.3) is 0 Å². The molecule has 134 valence electrons. The maximum Gasteiger partial charge on any atom is 0.137 e. The van der Waals surface area contributed by atoms with Crippen LogP contribution >= 0.6 is 0 Å². The van der Waals surface area contributed by atoms with Gasteiger partial charge in [-0.1, -0.05) is 24.5 Å². The molecule has 2 fully saturated rings. The van der Waals surface area contributed by atoms with Crippen LogP contribution in [0.5, 0.6) is 0 Å². The Kier molecular flexibility index (Phi) is 4.16. The number of ketones is 1. The molecule has 0 radical (unpaired) electrons. The van der Waals surface area contributed by atoms with Crippen LogP contribution in [0.15, 0.2) is 11.1 Å². The molecule has 3 nitrogen and oxygen atoms in total. The molecule has 24 heavy (non-hydrogen) atoms. The van der Waals surface area contributed by atoms with Crippen LogP contribution in [-0.4, -0.2) is 30.2 Å². The molecule has 0 heterocycles. The zero-order valence-electron chi connectivity index (χ0n) is 15.3. The summed E-state index contributed by atoms with van der Waals surface area (Å²) in [5.74, 6) is 2.45. The van der Waals surface area contributed by atoms with E-state index in [0.29, 0.717) is 30.1 Å². The van der Waals surface area contributed by atoms with Crippen molar-refractivity contribution in [1.29, 1.82) is 0 Å². The molecule has 0 aromatic heterocycles. The number of fused-ring (bicyclic) bond motifs is 4. The Morgan fingerprint density at radius 2 is 2.00 bits per heavy atom. The second kappa shape index (κ2) is 5.95. The topological polar surface area (TPSA) is 46.5 Å². The lowest BCUT2D eigenvalue weighted by Gasteiger charge is -2.61. The van der Waals surface area contributed by atoms with E-state index in [4.69, 9.17) is 4.74 Å². The first-order valence-corrected chi connectivity index (χ1v) is 9.92. The van der Waals surface area contributed by atoms with Crippen molar-refractivity contribution in [1.82, 2.24) is 0 Å². The van der Waals surface area contributed by atoms with Crippen LogP contribution in [0.3, 0.4) is 0 Å². The van der Waals surface area contributed by atoms with E-state index in [-0.39, 0.29) is 5.41 Å². The molecule has 0 amide bonds. The summed E-state index contributed by atoms with van der Waals surface area (Å²) in [4.78, 5) is 11.8. The molecule has 5 atom stereocenters. The molecule has 0 aromatic carbocycles. The van der Waals surface area contributed by atoms with Crippen LogP contribution in [0, 0.1) is 23.2 Å². The molecule has 1 N–H and O–H groups in total. The number of rotatable bonds is 2. The number of hydrogen-bond donors (Lipinski definition) is 1. The smallest absolute Gasteiger partial charge is 0.137 e. The number of allylic oxidation sites excluding steroid dienone is 2. The summed E-state index contributed by atoms with van der Waals surface area (Å²) in [5, 5.41) is 11.4. The zero-order chi connectivity index (χ0) is 16.9. The molecule has 1 unspecified atom stereocenters. The first kappa shape index (κ1) is 16.8. The van der Waals surface area contributed by atoms with Crippen molar-refractivity contribution >= 4 is 5.78 Å². The molecule has 0 aromatic rings. The van der Waals surface area contributed by atoms with Gasteiger partial charge in [-0.2, -0.15) is 0 Å². The lowest BCUT2D eigenvalue weighted by Crippen LogP contribution is -2.60. The Bertz CT molecular complexity index is 561. The highest BCUT2D eigenvalue weighted by atomic mass is 16.5. The minimum absolute atomic E-state index is 0.00895. The third kappa shape index (κ3) is 2.34. The lowest BCUT2D eigenvalue weighted by molar-refractivity contribution is -0.197. The van der Waals surface area contributed by atoms with Gasteiger partial charge in [-0.05, 0) is 62.7 Å². The number of methoxy groups -OCH3 is 1. The first-order valence-electron chi connectivity index (χ1n) is 9.92. The fraction of sp³-hybridized carbons (Fsp3) is 0.857. The number of ether oxygens (including phenoxy) is 1. The molecule has 4 rings (SSSR count). The van der Waals surface area contributed by atoms with Gasteiger partial charge in [-0.15, -0.1) is 0 Å². The van der Waals surface area contributed by atoms with Gasteiger partial charge in [0.15, 0.2) is 0 Å². The van der Waals surface area contributed by atoms with Crippen molar-refractivity contribution in [2.24, 2.45) is 23.2 Å². The van der Waals surface area contributed by atoms with Gasteiger partial charge in [-0.25, -0.2) is 0 Å². The van der Waals surface area contributed by atoms with Gasteiger partial charge in [0, 0.05) is 25.4 Å². The van der Waals surface area contributed by atoms with E-state index < -0.39 is 5.60 Å². The summed E-state index contributed by atoms with van der Waals surface area (Å²) in [6, 6.07) is 0. The monoisotopic (exact) mass is 332 g/mol. The number of hydrogen-bond acceptors (Lipinski definition) is 3. The molecular formula is C21H32O3. The summed E-state index contributed by atoms with van der Waals surface area (Å²) in [6.07, 6.45) is 10.4. The summed E-state index contributed by atoms with van der Waals surface area (Å²) in [6.45, 7) is 2.81. The van der Waals surface area contributed by atoms with Crippen molar-refractivity contribution in [3.63, 3.8) is 0 Å². The normalized spacial score (nSPS) is 45.5. The molecule has 4 aliphatic carbocycles. The average Bonchev–Trinajstić information content (AvgIpc) is 2.55. The van der Waals surface area contributed by atoms with E-state index in [1.807, 2.05) is 0 Å². The summed E-state index contributed by atoms with van der Waals surface area (Å²) in [7, 11) is 1.72. The molecule has 0 aliphatic heterocycles. The van der Waals surface area contributed by atoms with Crippen molar-refractivity contribution in [3.05, 3.63) is 11.1 Å². The number of Topliss-reactive ketones (excluding diaryl/α,β-unsaturated/α-hetero) is 1. The van der Waals surface area contributed by atoms with Crippen molar-refractivity contribution in [2.45, 2.75) is 76.7 Å². The van der Waals surface area contributed by atoms with Crippen LogP contribution in [0.4, 0.5) is 0 Å². The van der Waals surface area contributed by atoms with Crippen LogP contribution in [0.1, 0.15) is 71.1 Å². The van der Waals surface area contributed by atoms with Crippen LogP contribution < -0.4 is 0 Å². The van der Waals surface area contributed by atoms with E-state index in [1.54, 1.807) is 12.7 Å². The average molecular weight is 332 g/mol. The molecule has 0 bridgehead atoms. The second-order valence-corrected chi connectivity index (χ2v) is 9.07. The highest BCUT2D eigenvalue weighted by molar-refractivity contribution is 5.82. The van der Waals surface area contributed by atoms with Gasteiger partial charge < -0.3 is 9.84 Å². The fourth-order valence-electron chi connectivity index (χ4n) is 6.86.